The van der Waals surface area contributed by atoms with E-state index in [0.29, 0.717) is 12.1 Å². The molecule has 25 heavy (non-hydrogen) atoms. The smallest absolute Gasteiger partial charge is 0.351 e. The fourth-order valence-corrected chi connectivity index (χ4v) is 2.62. The fraction of sp³-hybridized carbons (Fsp3) is 0.214. The predicted molar refractivity (Wildman–Crippen MR) is 73.6 cm³/mol. The number of nitriles is 1. The number of alkyl halides is 8. The third-order valence-corrected chi connectivity index (χ3v) is 4.01. The molecule has 0 fully saturated rings. The average Bonchev–Trinajstić information content (AvgIpc) is 2.82. The summed E-state index contributed by atoms with van der Waals surface area (Å²) >= 11 is 2.52. The number of rotatable bonds is 2. The summed E-state index contributed by atoms with van der Waals surface area (Å²) in [5.41, 5.74) is -3.84. The van der Waals surface area contributed by atoms with Crippen molar-refractivity contribution in [2.75, 3.05) is 0 Å². The highest BCUT2D eigenvalue weighted by atomic mass is 79.9. The van der Waals surface area contributed by atoms with E-state index in [1.54, 1.807) is 4.98 Å². The normalized spacial score (nSPS) is 13.0. The molecule has 2 nitrogen and oxygen atoms in total. The highest BCUT2D eigenvalue weighted by Gasteiger charge is 2.61. The SMILES string of the molecule is N#Cc1c(-c2ccc(C(F)(F)F)cc2)[nH]c(C(F)(F)C(F)(F)F)c1Br. The Kier molecular flexibility index (Phi) is 4.63. The zero-order valence-corrected chi connectivity index (χ0v) is 13.2. The van der Waals surface area contributed by atoms with Crippen molar-refractivity contribution in [1.82, 2.24) is 4.98 Å². The van der Waals surface area contributed by atoms with Crippen molar-refractivity contribution in [2.45, 2.75) is 18.3 Å². The molecule has 0 radical (unpaired) electrons. The molecule has 0 bridgehead atoms. The Bertz CT molecular complexity index is 825. The Hall–Kier alpha value is -2.09. The van der Waals surface area contributed by atoms with Gasteiger partial charge in [-0.1, -0.05) is 12.1 Å². The Morgan fingerprint density at radius 1 is 0.920 bits per heavy atom. The van der Waals surface area contributed by atoms with Gasteiger partial charge in [-0.05, 0) is 33.6 Å². The fourth-order valence-electron chi connectivity index (χ4n) is 1.98. The van der Waals surface area contributed by atoms with Crippen molar-refractivity contribution in [1.29, 1.82) is 5.26 Å². The van der Waals surface area contributed by atoms with Crippen molar-refractivity contribution in [3.05, 3.63) is 45.6 Å². The van der Waals surface area contributed by atoms with Crippen LogP contribution >= 0.6 is 15.9 Å². The summed E-state index contributed by atoms with van der Waals surface area (Å²) < 4.78 is 101. The number of halogens is 9. The Labute approximate surface area is 143 Å². The number of nitrogens with zero attached hydrogens (tertiary/aromatic N) is 1. The van der Waals surface area contributed by atoms with Crippen LogP contribution in [0.2, 0.25) is 0 Å². The first kappa shape index (κ1) is 19.2. The van der Waals surface area contributed by atoms with Crippen LogP contribution in [0.25, 0.3) is 11.3 Å². The van der Waals surface area contributed by atoms with Gasteiger partial charge in [0.25, 0.3) is 0 Å². The molecule has 0 aliphatic rings. The van der Waals surface area contributed by atoms with Gasteiger partial charge >= 0.3 is 18.3 Å². The van der Waals surface area contributed by atoms with Gasteiger partial charge in [-0.3, -0.25) is 0 Å². The van der Waals surface area contributed by atoms with Crippen LogP contribution in [0.1, 0.15) is 16.8 Å². The number of hydrogen-bond acceptors (Lipinski definition) is 1. The van der Waals surface area contributed by atoms with Crippen LogP contribution in [0.5, 0.6) is 0 Å². The molecule has 0 aliphatic heterocycles. The van der Waals surface area contributed by atoms with E-state index in [0.717, 1.165) is 12.1 Å². The molecule has 0 atom stereocenters. The Balaban J connectivity index is 2.61. The molecule has 1 heterocycles. The summed E-state index contributed by atoms with van der Waals surface area (Å²) in [6.45, 7) is 0. The monoisotopic (exact) mass is 432 g/mol. The van der Waals surface area contributed by atoms with Crippen LogP contribution < -0.4 is 0 Å². The standard InChI is InChI=1S/C14H5BrF8N2/c15-9-8(5-24)10(25-11(9)12(16,17)14(21,22)23)6-1-3-7(4-2-6)13(18,19)20/h1-4,25H. The lowest BCUT2D eigenvalue weighted by Gasteiger charge is -2.18. The van der Waals surface area contributed by atoms with Crippen molar-refractivity contribution in [3.63, 3.8) is 0 Å². The first-order valence-corrected chi connectivity index (χ1v) is 7.04. The third-order valence-electron chi connectivity index (χ3n) is 3.22. The highest BCUT2D eigenvalue weighted by molar-refractivity contribution is 9.10. The molecule has 11 heteroatoms. The van der Waals surface area contributed by atoms with Gasteiger partial charge in [0.05, 0.1) is 21.3 Å². The van der Waals surface area contributed by atoms with E-state index in [1.807, 2.05) is 0 Å². The maximum Gasteiger partial charge on any atom is 0.459 e. The van der Waals surface area contributed by atoms with E-state index in [9.17, 15) is 35.1 Å². The number of aromatic amines is 1. The lowest BCUT2D eigenvalue weighted by Crippen LogP contribution is -2.34. The van der Waals surface area contributed by atoms with Crippen molar-refractivity contribution >= 4 is 15.9 Å². The number of H-pyrrole nitrogens is 1. The summed E-state index contributed by atoms with van der Waals surface area (Å²) in [6.07, 6.45) is -10.6. The quantitative estimate of drug-likeness (QED) is 0.581. The maximum absolute atomic E-state index is 13.5. The van der Waals surface area contributed by atoms with Crippen LogP contribution in [-0.2, 0) is 12.1 Å². The summed E-state index contributed by atoms with van der Waals surface area (Å²) in [7, 11) is 0. The summed E-state index contributed by atoms with van der Waals surface area (Å²) in [5.74, 6) is -5.29. The first-order chi connectivity index (χ1) is 11.3. The molecular weight excluding hydrogens is 428 g/mol. The molecule has 134 valence electrons. The van der Waals surface area contributed by atoms with Crippen LogP contribution in [0.15, 0.2) is 28.7 Å². The van der Waals surface area contributed by atoms with E-state index >= 15 is 0 Å². The van der Waals surface area contributed by atoms with E-state index in [2.05, 4.69) is 15.9 Å². The molecule has 0 saturated heterocycles. The molecule has 0 unspecified atom stereocenters. The minimum Gasteiger partial charge on any atom is -0.351 e. The largest absolute Gasteiger partial charge is 0.459 e. The van der Waals surface area contributed by atoms with E-state index in [-0.39, 0.29) is 5.56 Å². The van der Waals surface area contributed by atoms with E-state index in [4.69, 9.17) is 5.26 Å². The molecule has 1 aromatic heterocycles. The van der Waals surface area contributed by atoms with Crippen LogP contribution in [0.4, 0.5) is 35.1 Å². The molecule has 0 amide bonds. The Morgan fingerprint density at radius 2 is 1.44 bits per heavy atom. The molecule has 1 N–H and O–H groups in total. The maximum atomic E-state index is 13.5. The van der Waals surface area contributed by atoms with E-state index in [1.165, 1.54) is 6.07 Å². The summed E-state index contributed by atoms with van der Waals surface area (Å²) in [4.78, 5) is 1.80. The van der Waals surface area contributed by atoms with Crippen LogP contribution in [0, 0.1) is 11.3 Å². The minimum atomic E-state index is -5.93. The number of hydrogen-bond donors (Lipinski definition) is 1. The molecule has 2 rings (SSSR count). The van der Waals surface area contributed by atoms with Gasteiger partial charge in [0, 0.05) is 0 Å². The minimum absolute atomic E-state index is 0.158. The lowest BCUT2D eigenvalue weighted by atomic mass is 10.1. The summed E-state index contributed by atoms with van der Waals surface area (Å²) in [6, 6.07) is 4.40. The van der Waals surface area contributed by atoms with Crippen LogP contribution in [-0.4, -0.2) is 11.2 Å². The second-order valence-corrected chi connectivity index (χ2v) is 5.62. The van der Waals surface area contributed by atoms with Crippen molar-refractivity contribution < 1.29 is 35.1 Å². The van der Waals surface area contributed by atoms with Crippen LogP contribution in [0.3, 0.4) is 0 Å². The number of aromatic nitrogens is 1. The zero-order chi connectivity index (χ0) is 19.2. The molecule has 1 aromatic carbocycles. The topological polar surface area (TPSA) is 39.6 Å². The average molecular weight is 433 g/mol. The summed E-state index contributed by atoms with van der Waals surface area (Å²) in [5, 5.41) is 9.02. The highest BCUT2D eigenvalue weighted by Crippen LogP contribution is 2.48. The van der Waals surface area contributed by atoms with E-state index < -0.39 is 45.3 Å². The second-order valence-electron chi connectivity index (χ2n) is 4.82. The number of benzene rings is 1. The van der Waals surface area contributed by atoms with Gasteiger partial charge < -0.3 is 4.98 Å². The first-order valence-electron chi connectivity index (χ1n) is 6.25. The third kappa shape index (κ3) is 3.35. The van der Waals surface area contributed by atoms with Gasteiger partial charge in [-0.2, -0.15) is 40.4 Å². The molecule has 0 saturated carbocycles. The number of nitrogens with one attached hydrogen (secondary N) is 1. The van der Waals surface area contributed by atoms with Crippen molar-refractivity contribution in [3.8, 4) is 17.3 Å². The van der Waals surface area contributed by atoms with Crippen molar-refractivity contribution in [2.24, 2.45) is 0 Å². The molecule has 0 aliphatic carbocycles. The van der Waals surface area contributed by atoms with Gasteiger partial charge in [-0.25, -0.2) is 0 Å². The molecule has 2 aromatic rings. The second kappa shape index (κ2) is 6.01. The van der Waals surface area contributed by atoms with Gasteiger partial charge in [0.15, 0.2) is 0 Å². The van der Waals surface area contributed by atoms with Gasteiger partial charge in [-0.15, -0.1) is 0 Å². The predicted octanol–water partition coefficient (Wildman–Crippen LogP) is 5.99. The lowest BCUT2D eigenvalue weighted by molar-refractivity contribution is -0.291. The van der Waals surface area contributed by atoms with Gasteiger partial charge in [0.2, 0.25) is 0 Å². The molecular formula is C14H5BrF8N2. The molecule has 0 spiro atoms. The van der Waals surface area contributed by atoms with Gasteiger partial charge in [0.1, 0.15) is 11.8 Å². The zero-order valence-electron chi connectivity index (χ0n) is 11.7. The Morgan fingerprint density at radius 3 is 1.84 bits per heavy atom.